The Kier molecular flexibility index (Phi) is 5.49. The van der Waals surface area contributed by atoms with Crippen LogP contribution >= 0.6 is 11.6 Å². The van der Waals surface area contributed by atoms with Crippen molar-refractivity contribution in [2.24, 2.45) is 0 Å². The Morgan fingerprint density at radius 1 is 1.14 bits per heavy atom. The molecule has 0 spiro atoms. The number of furan rings is 1. The van der Waals surface area contributed by atoms with E-state index in [1.807, 2.05) is 32.0 Å². The maximum atomic E-state index is 6.32. The monoisotopic (exact) mass is 305 g/mol. The summed E-state index contributed by atoms with van der Waals surface area (Å²) in [6.45, 7) is 9.37. The molecule has 21 heavy (non-hydrogen) atoms. The van der Waals surface area contributed by atoms with Gasteiger partial charge in [0.05, 0.1) is 0 Å². The molecule has 1 heterocycles. The molecule has 0 aliphatic rings. The zero-order valence-electron chi connectivity index (χ0n) is 13.3. The molecule has 1 atom stereocenters. The number of hydrogen-bond acceptors (Lipinski definition) is 2. The van der Waals surface area contributed by atoms with E-state index in [2.05, 4.69) is 25.2 Å². The van der Waals surface area contributed by atoms with E-state index >= 15 is 0 Å². The minimum Gasteiger partial charge on any atom is -0.466 e. The molecule has 0 fully saturated rings. The Labute approximate surface area is 132 Å². The first kappa shape index (κ1) is 16.1. The summed E-state index contributed by atoms with van der Waals surface area (Å²) < 4.78 is 5.80. The second-order valence-electron chi connectivity index (χ2n) is 5.56. The van der Waals surface area contributed by atoms with Gasteiger partial charge in [-0.1, -0.05) is 36.7 Å². The molecule has 0 aliphatic heterocycles. The molecular formula is C18H24ClNO. The van der Waals surface area contributed by atoms with Crippen LogP contribution in [-0.4, -0.2) is 6.54 Å². The van der Waals surface area contributed by atoms with Crippen LogP contribution in [0.4, 0.5) is 0 Å². The fraction of sp³-hybridized carbons (Fsp3) is 0.444. The molecule has 0 bridgehead atoms. The van der Waals surface area contributed by atoms with Crippen LogP contribution in [-0.2, 0) is 6.42 Å². The third-order valence-electron chi connectivity index (χ3n) is 3.99. The highest BCUT2D eigenvalue weighted by Gasteiger charge is 2.21. The first-order valence-corrected chi connectivity index (χ1v) is 7.95. The van der Waals surface area contributed by atoms with Gasteiger partial charge in [-0.2, -0.15) is 0 Å². The molecule has 2 nitrogen and oxygen atoms in total. The Morgan fingerprint density at radius 2 is 1.86 bits per heavy atom. The zero-order valence-corrected chi connectivity index (χ0v) is 14.1. The maximum Gasteiger partial charge on any atom is 0.106 e. The third-order valence-corrected chi connectivity index (χ3v) is 4.36. The van der Waals surface area contributed by atoms with Gasteiger partial charge >= 0.3 is 0 Å². The number of rotatable bonds is 6. The Hall–Kier alpha value is -1.25. The molecule has 1 unspecified atom stereocenters. The van der Waals surface area contributed by atoms with Crippen molar-refractivity contribution in [3.8, 4) is 0 Å². The second kappa shape index (κ2) is 7.15. The van der Waals surface area contributed by atoms with Gasteiger partial charge in [0.1, 0.15) is 11.5 Å². The Bertz CT molecular complexity index is 603. The van der Waals surface area contributed by atoms with Crippen molar-refractivity contribution in [2.45, 2.75) is 46.6 Å². The van der Waals surface area contributed by atoms with E-state index in [1.54, 1.807) is 0 Å². The van der Waals surface area contributed by atoms with Crippen molar-refractivity contribution in [1.29, 1.82) is 0 Å². The van der Waals surface area contributed by atoms with E-state index < -0.39 is 0 Å². The van der Waals surface area contributed by atoms with Crippen molar-refractivity contribution in [3.05, 3.63) is 57.5 Å². The van der Waals surface area contributed by atoms with Gasteiger partial charge in [-0.15, -0.1) is 0 Å². The number of halogens is 1. The van der Waals surface area contributed by atoms with E-state index in [9.17, 15) is 0 Å². The topological polar surface area (TPSA) is 25.2 Å². The number of nitrogens with one attached hydrogen (secondary N) is 1. The first-order valence-electron chi connectivity index (χ1n) is 7.57. The number of aryl methyl sites for hydroxylation is 2. The van der Waals surface area contributed by atoms with Gasteiger partial charge in [0, 0.05) is 16.6 Å². The fourth-order valence-corrected chi connectivity index (χ4v) is 3.01. The molecule has 3 heteroatoms. The predicted molar refractivity (Wildman–Crippen MR) is 89.1 cm³/mol. The van der Waals surface area contributed by atoms with Crippen LogP contribution in [0.3, 0.4) is 0 Å². The van der Waals surface area contributed by atoms with Gasteiger partial charge in [0.25, 0.3) is 0 Å². The van der Waals surface area contributed by atoms with Crippen LogP contribution in [0.5, 0.6) is 0 Å². The van der Waals surface area contributed by atoms with Crippen LogP contribution < -0.4 is 5.32 Å². The Balaban J connectivity index is 2.32. The highest BCUT2D eigenvalue weighted by molar-refractivity contribution is 6.31. The summed E-state index contributed by atoms with van der Waals surface area (Å²) in [6, 6.07) is 8.30. The van der Waals surface area contributed by atoms with E-state index in [4.69, 9.17) is 16.0 Å². The summed E-state index contributed by atoms with van der Waals surface area (Å²) in [6.07, 6.45) is 1.98. The highest BCUT2D eigenvalue weighted by atomic mass is 35.5. The quantitative estimate of drug-likeness (QED) is 0.799. The Morgan fingerprint density at radius 3 is 2.43 bits per heavy atom. The summed E-state index contributed by atoms with van der Waals surface area (Å²) in [7, 11) is 0. The van der Waals surface area contributed by atoms with Crippen molar-refractivity contribution in [1.82, 2.24) is 5.32 Å². The van der Waals surface area contributed by atoms with Crippen LogP contribution in [0.2, 0.25) is 5.02 Å². The molecule has 0 aliphatic carbocycles. The van der Waals surface area contributed by atoms with Gasteiger partial charge in [-0.05, 0) is 57.4 Å². The minimum absolute atomic E-state index is 0.238. The average Bonchev–Trinajstić information content (AvgIpc) is 2.71. The number of benzene rings is 1. The van der Waals surface area contributed by atoms with Gasteiger partial charge < -0.3 is 9.73 Å². The lowest BCUT2D eigenvalue weighted by Gasteiger charge is -2.20. The number of hydrogen-bond donors (Lipinski definition) is 1. The third kappa shape index (κ3) is 3.69. The summed E-state index contributed by atoms with van der Waals surface area (Å²) >= 11 is 6.32. The van der Waals surface area contributed by atoms with E-state index in [1.165, 1.54) is 16.7 Å². The van der Waals surface area contributed by atoms with E-state index in [0.29, 0.717) is 0 Å². The molecule has 114 valence electrons. The average molecular weight is 306 g/mol. The second-order valence-corrected chi connectivity index (χ2v) is 5.96. The van der Waals surface area contributed by atoms with Crippen LogP contribution in [0.15, 0.2) is 28.7 Å². The van der Waals surface area contributed by atoms with Crippen molar-refractivity contribution in [2.75, 3.05) is 6.54 Å². The molecule has 0 saturated carbocycles. The minimum atomic E-state index is 0.238. The molecule has 1 N–H and O–H groups in total. The lowest BCUT2D eigenvalue weighted by Crippen LogP contribution is -2.25. The lowest BCUT2D eigenvalue weighted by molar-refractivity contribution is 0.480. The summed E-state index contributed by atoms with van der Waals surface area (Å²) in [5, 5.41) is 4.47. The SMILES string of the molecule is CCCNC(Cc1ccccc1Cl)c1c(C)oc(C)c1C. The fourth-order valence-electron chi connectivity index (χ4n) is 2.80. The van der Waals surface area contributed by atoms with Crippen LogP contribution in [0.1, 0.15) is 47.6 Å². The van der Waals surface area contributed by atoms with Crippen LogP contribution in [0.25, 0.3) is 0 Å². The first-order chi connectivity index (χ1) is 10.0. The molecule has 1 aromatic heterocycles. The molecule has 2 rings (SSSR count). The van der Waals surface area contributed by atoms with Gasteiger partial charge in [-0.3, -0.25) is 0 Å². The predicted octanol–water partition coefficient (Wildman–Crippen LogP) is 5.14. The van der Waals surface area contributed by atoms with Crippen molar-refractivity contribution in [3.63, 3.8) is 0 Å². The van der Waals surface area contributed by atoms with Crippen LogP contribution in [0, 0.1) is 20.8 Å². The summed E-state index contributed by atoms with van der Waals surface area (Å²) in [4.78, 5) is 0. The largest absolute Gasteiger partial charge is 0.466 e. The normalized spacial score (nSPS) is 12.6. The molecule has 0 radical (unpaired) electrons. The molecule has 0 amide bonds. The maximum absolute atomic E-state index is 6.32. The molecule has 2 aromatic rings. The smallest absolute Gasteiger partial charge is 0.106 e. The van der Waals surface area contributed by atoms with E-state index in [0.717, 1.165) is 35.9 Å². The zero-order chi connectivity index (χ0) is 15.4. The molecular weight excluding hydrogens is 282 g/mol. The van der Waals surface area contributed by atoms with Crippen molar-refractivity contribution < 1.29 is 4.42 Å². The van der Waals surface area contributed by atoms with Gasteiger partial charge in [-0.25, -0.2) is 0 Å². The molecule has 1 aromatic carbocycles. The molecule has 0 saturated heterocycles. The van der Waals surface area contributed by atoms with Gasteiger partial charge in [0.15, 0.2) is 0 Å². The standard InChI is InChI=1S/C18H24ClNO/c1-5-10-20-17(11-15-8-6-7-9-16(15)19)18-12(2)13(3)21-14(18)4/h6-9,17,20H,5,10-11H2,1-4H3. The summed E-state index contributed by atoms with van der Waals surface area (Å²) in [5.74, 6) is 2.01. The van der Waals surface area contributed by atoms with E-state index in [-0.39, 0.29) is 6.04 Å². The lowest BCUT2D eigenvalue weighted by atomic mass is 9.95. The van der Waals surface area contributed by atoms with Gasteiger partial charge in [0.2, 0.25) is 0 Å². The highest BCUT2D eigenvalue weighted by Crippen LogP contribution is 2.31. The summed E-state index contributed by atoms with van der Waals surface area (Å²) in [5.41, 5.74) is 3.69. The van der Waals surface area contributed by atoms with Crippen molar-refractivity contribution >= 4 is 11.6 Å².